The predicted molar refractivity (Wildman–Crippen MR) is 499 cm³/mol. The minimum atomic E-state index is -0.719. The van der Waals surface area contributed by atoms with Gasteiger partial charge < -0.3 is 82.6 Å². The maximum Gasteiger partial charge on any atom is 0.428 e. The summed E-state index contributed by atoms with van der Waals surface area (Å²) in [6, 6.07) is 38.0. The van der Waals surface area contributed by atoms with Crippen molar-refractivity contribution in [3.63, 3.8) is 0 Å². The van der Waals surface area contributed by atoms with Crippen molar-refractivity contribution in [2.45, 2.75) is 152 Å². The number of amidine groups is 3. The number of amides is 9. The summed E-state index contributed by atoms with van der Waals surface area (Å²) in [5, 5.41) is 33.4. The van der Waals surface area contributed by atoms with Crippen LogP contribution in [0.15, 0.2) is 179 Å². The van der Waals surface area contributed by atoms with Crippen LogP contribution in [0.4, 0.5) is 50.3 Å². The summed E-state index contributed by atoms with van der Waals surface area (Å²) in [5.74, 6) is 2.73. The van der Waals surface area contributed by atoms with Gasteiger partial charge in [-0.2, -0.15) is 10.2 Å². The molecule has 11 heterocycles. The molecule has 126 heavy (non-hydrogen) atoms. The number of hydrazone groups is 2. The van der Waals surface area contributed by atoms with Gasteiger partial charge in [-0.15, -0.1) is 10.2 Å². The second kappa shape index (κ2) is 50.0. The van der Waals surface area contributed by atoms with E-state index in [2.05, 4.69) is 105 Å². The lowest BCUT2D eigenvalue weighted by Gasteiger charge is -2.19. The number of aldehydes is 1. The molecule has 0 spiro atoms. The van der Waals surface area contributed by atoms with E-state index in [4.69, 9.17) is 25.8 Å². The number of benzene rings is 4. The zero-order valence-corrected chi connectivity index (χ0v) is 74.6. The van der Waals surface area contributed by atoms with Crippen molar-refractivity contribution >= 4 is 185 Å². The van der Waals surface area contributed by atoms with Crippen LogP contribution in [0.1, 0.15) is 141 Å². The standard InChI is InChI=1S/C21H22N6O2S.C20H27N5O4S.C15H19N5O2S.C14H14N2O2.C7H14N2O2S.C6H5NO.C4H8O/c28-19(24-16-5-7-17(8-6-16)27-10-1-2-11-27)12-18-20(29)25-21(30-18)26-23-14-15-4-3-9-22-13-15;1-20(2,3)29-19(28)24-23-18-22-17(27)15(30-18)12-16(26)21-13-6-8-14(9-7-13)25-10-4-5-11-25;16-19-15-18-14(22)12(23-15)9-13(21)17-10-3-5-11(6-4-10)20-7-1-2-8-20;17-13-7-8-14(18)16(13)12-5-3-11(4-6-12)15-9-1-2-10-15;1-7(2,3)11-5(10)4-9-6(8)12;8-5-6-2-1-3-7-4-6;1-2-4-5-3-1/h3-9,13-14,18H,1-2,10-12H2,(H,24,28)(H,25,26,29);6-9,15H,4-5,10-12H2,1-3H3,(H,21,26)(H,24,28)(H,22,23,27);3-6,12H,1-2,7-9,16H2,(H,17,21)(H,18,19,22);3-8H,1-2,9-10H2;4H2,1-3H3,(H3,8,9,12);1-5H;1-4H2/b23-14+;;;;;;. The van der Waals surface area contributed by atoms with Crippen molar-refractivity contribution in [2.24, 2.45) is 32.0 Å². The number of pyridine rings is 2. The molecule has 0 saturated carbocycles. The molecule has 6 aromatic rings. The Morgan fingerprint density at radius 2 is 0.881 bits per heavy atom. The quantitative estimate of drug-likeness (QED) is 0.00646. The number of thiocarbonyl (C=S) groups is 1. The van der Waals surface area contributed by atoms with E-state index in [-0.39, 0.29) is 89.3 Å². The number of aromatic nitrogens is 2. The molecule has 4 aromatic carbocycles. The van der Waals surface area contributed by atoms with Crippen LogP contribution in [-0.4, -0.2) is 201 Å². The molecule has 9 aliphatic rings. The fourth-order valence-electron chi connectivity index (χ4n) is 13.0. The van der Waals surface area contributed by atoms with Gasteiger partial charge in [0.25, 0.3) is 11.8 Å². The van der Waals surface area contributed by atoms with Crippen molar-refractivity contribution in [1.82, 2.24) is 36.7 Å². The number of hydrogen-bond acceptors (Lipinski definition) is 29. The summed E-state index contributed by atoms with van der Waals surface area (Å²) in [6.07, 6.45) is 23.2. The van der Waals surface area contributed by atoms with Crippen molar-refractivity contribution < 1.29 is 67.0 Å². The number of nitrogens with two attached hydrogens (primary N) is 2. The van der Waals surface area contributed by atoms with E-state index in [1.165, 1.54) is 122 Å². The Morgan fingerprint density at radius 1 is 0.516 bits per heavy atom. The number of ether oxygens (including phenoxy) is 3. The maximum atomic E-state index is 12.4. The van der Waals surface area contributed by atoms with Gasteiger partial charge in [0.05, 0.1) is 11.9 Å². The molecule has 0 radical (unpaired) electrons. The minimum absolute atomic E-state index is 0.00413. The largest absolute Gasteiger partial charge is 0.459 e. The normalized spacial score (nSPS) is 18.9. The fourth-order valence-corrected chi connectivity index (χ4v) is 15.9. The van der Waals surface area contributed by atoms with Crippen LogP contribution < -0.4 is 78.7 Å². The molecule has 0 bridgehead atoms. The lowest BCUT2D eigenvalue weighted by atomic mass is 10.2. The summed E-state index contributed by atoms with van der Waals surface area (Å²) in [6.45, 7) is 21.3. The van der Waals surface area contributed by atoms with E-state index in [0.717, 1.165) is 112 Å². The van der Waals surface area contributed by atoms with E-state index in [9.17, 15) is 52.7 Å². The number of thioether (sulfide) groups is 3. The van der Waals surface area contributed by atoms with Crippen LogP contribution in [0.25, 0.3) is 0 Å². The Balaban J connectivity index is 0.000000176. The monoisotopic (exact) mass is 1800 g/mol. The van der Waals surface area contributed by atoms with E-state index in [0.29, 0.717) is 27.3 Å². The second-order valence-electron chi connectivity index (χ2n) is 31.3. The van der Waals surface area contributed by atoms with Crippen molar-refractivity contribution in [3.05, 3.63) is 169 Å². The molecular weight excluding hydrogens is 1690 g/mol. The molecule has 15 rings (SSSR count). The second-order valence-corrected chi connectivity index (χ2v) is 35.3. The van der Waals surface area contributed by atoms with Gasteiger partial charge in [-0.1, -0.05) is 41.4 Å². The van der Waals surface area contributed by atoms with Crippen LogP contribution >= 0.6 is 47.5 Å². The SMILES string of the molecule is C1CCOC1.CC(C)(C)OC(=O)CNC(N)=S.CC(C)(C)OC(=O)N/N=C1/NC(=O)C(CC(=O)Nc2ccc(N3CCCC3)cc2)S1.N/N=C1\NC(=O)C(CC(=O)Nc2ccc(N3CCCC3)cc2)S1.O=C(CC1S/C(=N/N=C/c2cccnc2)NC1=O)Nc1ccc(N2CCCC2)cc1.O=C1C=CC(=O)N1c1ccc(N2CCCC2)cc1.O=Cc1cccnc1. The topological polar surface area (TPSA) is 455 Å². The molecule has 9 aliphatic heterocycles. The number of carbonyl (C=O) groups excluding carboxylic acids is 11. The van der Waals surface area contributed by atoms with Crippen molar-refractivity contribution in [2.75, 3.05) is 113 Å². The highest BCUT2D eigenvalue weighted by Crippen LogP contribution is 2.31. The molecule has 8 saturated heterocycles. The Labute approximate surface area is 750 Å². The number of hydrogen-bond donors (Lipinski definition) is 10. The van der Waals surface area contributed by atoms with Crippen LogP contribution in [-0.2, 0) is 57.4 Å². The van der Waals surface area contributed by atoms with Gasteiger partial charge in [-0.25, -0.2) is 15.1 Å². The third-order valence-electron chi connectivity index (χ3n) is 19.0. The molecule has 39 heteroatoms. The molecule has 2 aromatic heterocycles. The first-order chi connectivity index (χ1) is 60.5. The number of nitrogens with one attached hydrogen (secondary N) is 8. The number of anilines is 8. The first kappa shape index (κ1) is 97.5. The van der Waals surface area contributed by atoms with Gasteiger partial charge in [0.1, 0.15) is 33.5 Å². The van der Waals surface area contributed by atoms with Crippen LogP contribution in [0, 0.1) is 0 Å². The van der Waals surface area contributed by atoms with Crippen molar-refractivity contribution in [3.8, 4) is 0 Å². The first-order valence-corrected chi connectivity index (χ1v) is 44.4. The van der Waals surface area contributed by atoms with Gasteiger partial charge >= 0.3 is 12.1 Å². The van der Waals surface area contributed by atoms with Gasteiger partial charge in [-0.05, 0) is 233 Å². The summed E-state index contributed by atoms with van der Waals surface area (Å²) in [4.78, 5) is 147. The lowest BCUT2D eigenvalue weighted by Crippen LogP contribution is -2.37. The van der Waals surface area contributed by atoms with Crippen LogP contribution in [0.5, 0.6) is 0 Å². The highest BCUT2D eigenvalue weighted by Gasteiger charge is 2.36. The molecular formula is C87H109N21O14S4. The predicted octanol–water partition coefficient (Wildman–Crippen LogP) is 9.92. The Kier molecular flexibility index (Phi) is 38.7. The molecule has 35 nitrogen and oxygen atoms in total. The summed E-state index contributed by atoms with van der Waals surface area (Å²) >= 11 is 7.98. The molecule has 3 unspecified atom stereocenters. The number of carbonyl (C=O) groups is 11. The average Bonchev–Trinajstić information content (AvgIpc) is 1.65. The first-order valence-electron chi connectivity index (χ1n) is 41.3. The molecule has 670 valence electrons. The molecule has 0 aliphatic carbocycles. The van der Waals surface area contributed by atoms with Gasteiger partial charge in [0.2, 0.25) is 35.4 Å². The zero-order chi connectivity index (χ0) is 90.4. The lowest BCUT2D eigenvalue weighted by molar-refractivity contribution is -0.153. The highest BCUT2D eigenvalue weighted by atomic mass is 32.2. The van der Waals surface area contributed by atoms with Gasteiger partial charge in [-0.3, -0.25) is 57.9 Å². The van der Waals surface area contributed by atoms with E-state index >= 15 is 0 Å². The van der Waals surface area contributed by atoms with Crippen LogP contribution in [0.2, 0.25) is 0 Å². The summed E-state index contributed by atoms with van der Waals surface area (Å²) in [5.41, 5.74) is 15.1. The number of imide groups is 1. The summed E-state index contributed by atoms with van der Waals surface area (Å²) in [7, 11) is 0. The number of esters is 1. The smallest absolute Gasteiger partial charge is 0.428 e. The number of nitrogens with zero attached hydrogens (tertiary/aromatic N) is 11. The van der Waals surface area contributed by atoms with E-state index in [1.807, 2.05) is 103 Å². The highest BCUT2D eigenvalue weighted by molar-refractivity contribution is 8.16. The van der Waals surface area contributed by atoms with Gasteiger partial charge in [0, 0.05) is 173 Å². The van der Waals surface area contributed by atoms with E-state index < -0.39 is 33.0 Å². The zero-order valence-electron chi connectivity index (χ0n) is 71.3. The number of rotatable bonds is 20. The Bertz CT molecular complexity index is 4800. The summed E-state index contributed by atoms with van der Waals surface area (Å²) < 4.78 is 15.0. The Hall–Kier alpha value is -12.3. The van der Waals surface area contributed by atoms with E-state index in [1.54, 1.807) is 84.5 Å². The van der Waals surface area contributed by atoms with Crippen molar-refractivity contribution in [1.29, 1.82) is 0 Å². The minimum Gasteiger partial charge on any atom is -0.459 e. The fraction of sp³-hybridized carbons (Fsp3) is 0.402. The average molecular weight is 1800 g/mol. The molecule has 3 atom stereocenters. The molecule has 9 amide bonds. The molecule has 8 fully saturated rings. The van der Waals surface area contributed by atoms with Crippen LogP contribution in [0.3, 0.4) is 0 Å². The third kappa shape index (κ3) is 34.3. The Morgan fingerprint density at radius 3 is 1.22 bits per heavy atom. The maximum absolute atomic E-state index is 12.4. The van der Waals surface area contributed by atoms with Gasteiger partial charge in [0.15, 0.2) is 26.9 Å². The molecule has 12 N–H and O–H groups in total. The third-order valence-corrected chi connectivity index (χ3v) is 22.4.